The Morgan fingerprint density at radius 1 is 1.11 bits per heavy atom. The third-order valence-corrected chi connectivity index (χ3v) is 5.82. The molecule has 0 aliphatic rings. The first-order chi connectivity index (χ1) is 13.4. The molecule has 6 heteroatoms. The van der Waals surface area contributed by atoms with Crippen molar-refractivity contribution in [2.75, 3.05) is 13.2 Å². The van der Waals surface area contributed by atoms with Crippen molar-refractivity contribution in [1.82, 2.24) is 9.71 Å². The topological polar surface area (TPSA) is 66.4 Å². The zero-order valence-corrected chi connectivity index (χ0v) is 18.1. The number of benzene rings is 1. The Labute approximate surface area is 172 Å². The van der Waals surface area contributed by atoms with Crippen molar-refractivity contribution in [1.29, 1.82) is 0 Å². The summed E-state index contributed by atoms with van der Waals surface area (Å²) in [7, 11) is 0. The molecule has 0 bridgehead atoms. The van der Waals surface area contributed by atoms with Crippen LogP contribution in [0.5, 0.6) is 0 Å². The fourth-order valence-electron chi connectivity index (χ4n) is 2.67. The molecule has 3 atom stereocenters. The third kappa shape index (κ3) is 7.89. The molecule has 2 rings (SSSR count). The van der Waals surface area contributed by atoms with Gasteiger partial charge in [0, 0.05) is 36.3 Å². The molecular weight excluding hydrogens is 372 g/mol. The normalized spacial score (nSPS) is 15.2. The minimum atomic E-state index is -1.22. The predicted octanol–water partition coefficient (Wildman–Crippen LogP) is 3.67. The minimum Gasteiger partial charge on any atom is -0.598 e. The zero-order valence-electron chi connectivity index (χ0n) is 17.3. The first-order valence-corrected chi connectivity index (χ1v) is 10.9. The first-order valence-electron chi connectivity index (χ1n) is 9.71. The summed E-state index contributed by atoms with van der Waals surface area (Å²) < 4.78 is 27.6. The molecular formula is C22H32N2O3S. The maximum atomic E-state index is 12.8. The smallest absolute Gasteiger partial charge is 0.136 e. The fraction of sp³-hybridized carbons (Fsp3) is 0.500. The van der Waals surface area contributed by atoms with Gasteiger partial charge in [-0.1, -0.05) is 36.4 Å². The minimum absolute atomic E-state index is 0.175. The second kappa shape index (κ2) is 11.5. The number of pyridine rings is 1. The molecule has 28 heavy (non-hydrogen) atoms. The van der Waals surface area contributed by atoms with Gasteiger partial charge in [-0.05, 0) is 45.4 Å². The molecule has 1 N–H and O–H groups in total. The Hall–Kier alpha value is -1.44. The van der Waals surface area contributed by atoms with Gasteiger partial charge >= 0.3 is 0 Å². The molecule has 0 saturated carbocycles. The molecule has 1 aromatic carbocycles. The van der Waals surface area contributed by atoms with E-state index in [0.717, 1.165) is 11.3 Å². The van der Waals surface area contributed by atoms with E-state index in [-0.39, 0.29) is 16.9 Å². The van der Waals surface area contributed by atoms with Crippen LogP contribution in [-0.4, -0.2) is 39.6 Å². The van der Waals surface area contributed by atoms with E-state index in [1.165, 1.54) is 0 Å². The molecule has 1 aromatic heterocycles. The van der Waals surface area contributed by atoms with Crippen LogP contribution in [0.15, 0.2) is 54.7 Å². The van der Waals surface area contributed by atoms with Gasteiger partial charge < -0.3 is 14.0 Å². The van der Waals surface area contributed by atoms with Crippen LogP contribution in [0.2, 0.25) is 0 Å². The van der Waals surface area contributed by atoms with Crippen LogP contribution in [-0.2, 0) is 33.9 Å². The molecule has 5 nitrogen and oxygen atoms in total. The third-order valence-electron chi connectivity index (χ3n) is 4.19. The van der Waals surface area contributed by atoms with Gasteiger partial charge in [0.1, 0.15) is 10.9 Å². The Morgan fingerprint density at radius 3 is 2.43 bits per heavy atom. The van der Waals surface area contributed by atoms with Crippen LogP contribution in [0, 0.1) is 0 Å². The van der Waals surface area contributed by atoms with E-state index in [4.69, 9.17) is 9.47 Å². The molecule has 2 aromatic rings. The highest BCUT2D eigenvalue weighted by Gasteiger charge is 2.33. The number of ether oxygens (including phenoxy) is 2. The lowest BCUT2D eigenvalue weighted by Gasteiger charge is -2.32. The summed E-state index contributed by atoms with van der Waals surface area (Å²) in [5, 5.41) is 0. The van der Waals surface area contributed by atoms with Crippen LogP contribution >= 0.6 is 0 Å². The van der Waals surface area contributed by atoms with Crippen LogP contribution in [0.1, 0.15) is 39.0 Å². The summed E-state index contributed by atoms with van der Waals surface area (Å²) in [6, 6.07) is 15.7. The number of hydrogen-bond donors (Lipinski definition) is 1. The zero-order chi connectivity index (χ0) is 20.4. The van der Waals surface area contributed by atoms with Crippen LogP contribution in [0.3, 0.4) is 0 Å². The number of aromatic nitrogens is 1. The molecule has 154 valence electrons. The van der Waals surface area contributed by atoms with Gasteiger partial charge in [-0.3, -0.25) is 4.98 Å². The van der Waals surface area contributed by atoms with E-state index in [9.17, 15) is 4.55 Å². The van der Waals surface area contributed by atoms with Crippen molar-refractivity contribution in [2.45, 2.75) is 57.6 Å². The monoisotopic (exact) mass is 404 g/mol. The Balaban J connectivity index is 2.07. The van der Waals surface area contributed by atoms with E-state index in [0.29, 0.717) is 26.2 Å². The largest absolute Gasteiger partial charge is 0.598 e. The van der Waals surface area contributed by atoms with Gasteiger partial charge in [0.05, 0.1) is 19.3 Å². The molecule has 3 unspecified atom stereocenters. The lowest BCUT2D eigenvalue weighted by molar-refractivity contribution is -0.0319. The molecule has 0 radical (unpaired) electrons. The maximum absolute atomic E-state index is 12.8. The molecule has 0 aliphatic carbocycles. The maximum Gasteiger partial charge on any atom is 0.136 e. The van der Waals surface area contributed by atoms with Crippen LogP contribution in [0.4, 0.5) is 0 Å². The van der Waals surface area contributed by atoms with Gasteiger partial charge in [0.25, 0.3) is 0 Å². The van der Waals surface area contributed by atoms with Crippen LogP contribution in [0.25, 0.3) is 0 Å². The lowest BCUT2D eigenvalue weighted by Crippen LogP contribution is -2.52. The highest BCUT2D eigenvalue weighted by Crippen LogP contribution is 2.17. The van der Waals surface area contributed by atoms with E-state index in [1.807, 2.05) is 76.2 Å². The summed E-state index contributed by atoms with van der Waals surface area (Å²) in [6.07, 6.45) is 2.15. The fourth-order valence-corrected chi connectivity index (χ4v) is 3.53. The summed E-state index contributed by atoms with van der Waals surface area (Å²) in [5.74, 6) is 0. The highest BCUT2D eigenvalue weighted by molar-refractivity contribution is 7.90. The average Bonchev–Trinajstić information content (AvgIpc) is 2.67. The Kier molecular flexibility index (Phi) is 9.41. The van der Waals surface area contributed by atoms with Crippen molar-refractivity contribution >= 4 is 11.4 Å². The summed E-state index contributed by atoms with van der Waals surface area (Å²) in [4.78, 5) is 4.42. The summed E-state index contributed by atoms with van der Waals surface area (Å²) >= 11 is -1.22. The molecule has 0 amide bonds. The number of hydrogen-bond acceptors (Lipinski definition) is 5. The quantitative estimate of drug-likeness (QED) is 0.579. The second-order valence-electron chi connectivity index (χ2n) is 7.63. The van der Waals surface area contributed by atoms with Crippen molar-refractivity contribution in [2.24, 2.45) is 0 Å². The number of nitrogens with zero attached hydrogens (tertiary/aromatic N) is 1. The highest BCUT2D eigenvalue weighted by atomic mass is 32.2. The molecule has 0 spiro atoms. The van der Waals surface area contributed by atoms with Gasteiger partial charge in [0.2, 0.25) is 0 Å². The van der Waals surface area contributed by atoms with E-state index >= 15 is 0 Å². The van der Waals surface area contributed by atoms with Gasteiger partial charge in [-0.25, -0.2) is 0 Å². The predicted molar refractivity (Wildman–Crippen MR) is 114 cm³/mol. The molecule has 0 fully saturated rings. The molecule has 0 aliphatic heterocycles. The van der Waals surface area contributed by atoms with Crippen molar-refractivity contribution < 1.29 is 14.0 Å². The summed E-state index contributed by atoms with van der Waals surface area (Å²) in [5.41, 5.74) is 2.05. The van der Waals surface area contributed by atoms with E-state index < -0.39 is 11.4 Å². The average molecular weight is 405 g/mol. The standard InChI is InChI=1S/C22H32N2O3S/c1-5-27-21(17-26-16-18-11-7-6-8-12-18)20(24-28(25)22(2,3)4)15-19-13-9-10-14-23-19/h6-14,20-21,24H,5,15-17H2,1-4H3. The van der Waals surface area contributed by atoms with Crippen LogP contribution < -0.4 is 4.72 Å². The van der Waals surface area contributed by atoms with Crippen molar-refractivity contribution in [3.05, 3.63) is 66.0 Å². The Morgan fingerprint density at radius 2 is 1.82 bits per heavy atom. The first kappa shape index (κ1) is 22.8. The second-order valence-corrected chi connectivity index (χ2v) is 9.62. The van der Waals surface area contributed by atoms with Crippen molar-refractivity contribution in [3.8, 4) is 0 Å². The lowest BCUT2D eigenvalue weighted by atomic mass is 10.1. The van der Waals surface area contributed by atoms with E-state index in [1.54, 1.807) is 6.20 Å². The molecule has 0 saturated heterocycles. The Bertz CT molecular complexity index is 664. The van der Waals surface area contributed by atoms with Gasteiger partial charge in [0.15, 0.2) is 0 Å². The number of nitrogens with one attached hydrogen (secondary N) is 1. The van der Waals surface area contributed by atoms with Gasteiger partial charge in [-0.2, -0.15) is 0 Å². The SMILES string of the molecule is CCOC(COCc1ccccc1)C(Cc1ccccn1)N[S+]([O-])C(C)(C)C. The summed E-state index contributed by atoms with van der Waals surface area (Å²) in [6.45, 7) is 9.31. The van der Waals surface area contributed by atoms with Gasteiger partial charge in [-0.15, -0.1) is 4.72 Å². The number of rotatable bonds is 11. The molecule has 1 heterocycles. The van der Waals surface area contributed by atoms with Crippen molar-refractivity contribution in [3.63, 3.8) is 0 Å². The van der Waals surface area contributed by atoms with E-state index in [2.05, 4.69) is 9.71 Å².